The summed E-state index contributed by atoms with van der Waals surface area (Å²) in [5.74, 6) is 5.56. The fourth-order valence-electron chi connectivity index (χ4n) is 8.51. The van der Waals surface area contributed by atoms with Crippen molar-refractivity contribution in [3.8, 4) is 34.1 Å². The fourth-order valence-corrected chi connectivity index (χ4v) is 12.6. The Bertz CT molecular complexity index is 2290. The third-order valence-electron chi connectivity index (χ3n) is 11.4. The number of fused-ring (bicyclic) bond motifs is 3. The predicted octanol–water partition coefficient (Wildman–Crippen LogP) is 9.30. The zero-order valence-electron chi connectivity index (χ0n) is 37.4. The van der Waals surface area contributed by atoms with Gasteiger partial charge in [-0.05, 0) is 83.3 Å². The van der Waals surface area contributed by atoms with Gasteiger partial charge in [0.2, 0.25) is 17.5 Å². The molecular formula is C49H50O12S8. The predicted molar refractivity (Wildman–Crippen MR) is 289 cm³/mol. The Morgan fingerprint density at radius 2 is 0.739 bits per heavy atom. The molecule has 4 unspecified atom stereocenters. The second-order valence-corrected chi connectivity index (χ2v) is 22.5. The van der Waals surface area contributed by atoms with Crippen LogP contribution in [-0.2, 0) is 43.3 Å². The molecule has 9 rings (SSSR count). The van der Waals surface area contributed by atoms with Crippen molar-refractivity contribution in [2.24, 2.45) is 0 Å². The van der Waals surface area contributed by atoms with E-state index in [9.17, 15) is 0 Å². The van der Waals surface area contributed by atoms with Crippen molar-refractivity contribution < 1.29 is 56.8 Å². The summed E-state index contributed by atoms with van der Waals surface area (Å²) >= 11 is 26.9. The van der Waals surface area contributed by atoms with E-state index in [4.69, 9.17) is 106 Å². The molecule has 20 heteroatoms. The van der Waals surface area contributed by atoms with E-state index in [1.54, 1.807) is 0 Å². The van der Waals surface area contributed by atoms with Gasteiger partial charge in [-0.25, -0.2) is 0 Å². The first-order chi connectivity index (χ1) is 33.8. The van der Waals surface area contributed by atoms with Crippen molar-refractivity contribution in [2.75, 3.05) is 102 Å². The lowest BCUT2D eigenvalue weighted by atomic mass is 9.67. The Kier molecular flexibility index (Phi) is 18.4. The molecule has 4 aliphatic heterocycles. The van der Waals surface area contributed by atoms with E-state index >= 15 is 0 Å². The summed E-state index contributed by atoms with van der Waals surface area (Å²) in [4.78, 5) is 0. The lowest BCUT2D eigenvalue weighted by Crippen LogP contribution is -2.30. The van der Waals surface area contributed by atoms with Gasteiger partial charge in [-0.1, -0.05) is 108 Å². The van der Waals surface area contributed by atoms with Crippen LogP contribution in [0.5, 0.6) is 23.0 Å². The summed E-state index contributed by atoms with van der Waals surface area (Å²) in [6.07, 6.45) is -0.307. The Morgan fingerprint density at radius 3 is 1.07 bits per heavy atom. The second kappa shape index (κ2) is 25.0. The molecule has 5 aliphatic rings. The zero-order chi connectivity index (χ0) is 47.4. The van der Waals surface area contributed by atoms with Crippen LogP contribution in [0.25, 0.3) is 11.1 Å². The minimum Gasteiger partial charge on any atom is -0.491 e. The molecule has 0 saturated carbocycles. The SMILES string of the molecule is S=C1OC(COCCOc2ccc(C3(c4ccc(OCCOCC5CSC(=S)O5)cc4OCCOCC4CSC(=S)O4)c4ccccc4-c4ccccc43)c(OCCOCC3CSC(=S)O3)c2)CS1. The number of thiocarbonyl (C=S) groups is 4. The average molecular weight is 1090 g/mol. The Hall–Kier alpha value is -3.12. The summed E-state index contributed by atoms with van der Waals surface area (Å²) in [5, 5.41) is 0. The Balaban J connectivity index is 1.03. The third kappa shape index (κ3) is 12.9. The maximum atomic E-state index is 6.83. The molecule has 4 saturated heterocycles. The molecule has 4 aromatic carbocycles. The topological polar surface area (TPSA) is 111 Å². The van der Waals surface area contributed by atoms with Gasteiger partial charge in [-0.15, -0.1) is 0 Å². The van der Waals surface area contributed by atoms with Crippen LogP contribution in [0.3, 0.4) is 0 Å². The summed E-state index contributed by atoms with van der Waals surface area (Å²) in [7, 11) is 0. The van der Waals surface area contributed by atoms with E-state index in [2.05, 4.69) is 60.7 Å². The first kappa shape index (κ1) is 50.8. The molecule has 0 bridgehead atoms. The average Bonchev–Trinajstić information content (AvgIpc) is 4.22. The third-order valence-corrected chi connectivity index (χ3v) is 16.7. The van der Waals surface area contributed by atoms with Gasteiger partial charge in [0.15, 0.2) is 0 Å². The summed E-state index contributed by atoms with van der Waals surface area (Å²) < 4.78 is 75.3. The highest BCUT2D eigenvalue weighted by Gasteiger charge is 2.49. The van der Waals surface area contributed by atoms with Gasteiger partial charge < -0.3 is 56.8 Å². The number of thioether (sulfide) groups is 4. The molecule has 0 spiro atoms. The molecule has 366 valence electrons. The Labute approximate surface area is 440 Å². The van der Waals surface area contributed by atoms with Gasteiger partial charge in [0.25, 0.3) is 0 Å². The number of ether oxygens (including phenoxy) is 12. The molecule has 12 nitrogen and oxygen atoms in total. The quantitative estimate of drug-likeness (QED) is 0.0387. The number of hydrogen-bond acceptors (Lipinski definition) is 20. The van der Waals surface area contributed by atoms with Gasteiger partial charge in [0.1, 0.15) is 73.8 Å². The van der Waals surface area contributed by atoms with Crippen molar-refractivity contribution in [2.45, 2.75) is 29.8 Å². The van der Waals surface area contributed by atoms with Gasteiger partial charge in [-0.2, -0.15) is 0 Å². The van der Waals surface area contributed by atoms with Crippen LogP contribution in [0.4, 0.5) is 0 Å². The van der Waals surface area contributed by atoms with Crippen LogP contribution in [0.1, 0.15) is 22.3 Å². The summed E-state index contributed by atoms with van der Waals surface area (Å²) in [6.45, 7) is 4.20. The molecule has 0 N–H and O–H groups in total. The molecule has 4 aromatic rings. The van der Waals surface area contributed by atoms with Gasteiger partial charge in [-0.3, -0.25) is 0 Å². The molecule has 69 heavy (non-hydrogen) atoms. The number of rotatable bonds is 26. The standard InChI is InChI=1S/C49H50O12S8/c62-45-58-33(27-66-45)23-50-13-17-54-31-9-11-41(43(21-31)56-19-15-52-25-35-29-68-47(64)60-35)49(39-7-3-1-5-37(39)38-6-2-4-8-40(38)49)42-12-10-32(55-18-14-51-24-34-28-67-46(63)59-34)22-44(42)57-20-16-53-26-36-30-69-48(65)61-36/h1-12,21-22,33-36H,13-20,23-30H2. The van der Waals surface area contributed by atoms with E-state index in [0.29, 0.717) is 107 Å². The van der Waals surface area contributed by atoms with E-state index in [1.807, 2.05) is 24.3 Å². The lowest BCUT2D eigenvalue weighted by Gasteiger charge is -2.36. The Morgan fingerprint density at radius 1 is 0.406 bits per heavy atom. The normalized spacial score (nSPS) is 21.0. The summed E-state index contributed by atoms with van der Waals surface area (Å²) in [6, 6.07) is 29.1. The molecule has 0 amide bonds. The molecule has 0 radical (unpaired) electrons. The van der Waals surface area contributed by atoms with Crippen LogP contribution in [-0.4, -0.2) is 144 Å². The minimum atomic E-state index is -0.947. The lowest BCUT2D eigenvalue weighted by molar-refractivity contribution is 0.0445. The van der Waals surface area contributed by atoms with Gasteiger partial charge in [0.05, 0.1) is 58.3 Å². The van der Waals surface area contributed by atoms with Crippen LogP contribution in [0, 0.1) is 0 Å². The monoisotopic (exact) mass is 1090 g/mol. The van der Waals surface area contributed by atoms with Crippen molar-refractivity contribution in [1.29, 1.82) is 0 Å². The first-order valence-electron chi connectivity index (χ1n) is 22.5. The number of benzene rings is 4. The van der Waals surface area contributed by atoms with Crippen molar-refractivity contribution in [3.05, 3.63) is 107 Å². The molecular weight excluding hydrogens is 1040 g/mol. The van der Waals surface area contributed by atoms with Crippen molar-refractivity contribution in [3.63, 3.8) is 0 Å². The van der Waals surface area contributed by atoms with Crippen LogP contribution in [0.2, 0.25) is 0 Å². The smallest absolute Gasteiger partial charge is 0.220 e. The highest BCUT2D eigenvalue weighted by molar-refractivity contribution is 8.24. The van der Waals surface area contributed by atoms with Gasteiger partial charge in [0, 0.05) is 46.3 Å². The molecule has 1 aliphatic carbocycles. The van der Waals surface area contributed by atoms with Crippen LogP contribution < -0.4 is 18.9 Å². The first-order valence-corrected chi connectivity index (χ1v) is 28.0. The number of hydrogen-bond donors (Lipinski definition) is 0. The second-order valence-electron chi connectivity index (χ2n) is 16.1. The van der Waals surface area contributed by atoms with E-state index in [1.165, 1.54) is 47.0 Å². The summed E-state index contributed by atoms with van der Waals surface area (Å²) in [5.41, 5.74) is 5.16. The highest BCUT2D eigenvalue weighted by atomic mass is 32.2. The largest absolute Gasteiger partial charge is 0.491 e. The maximum absolute atomic E-state index is 6.83. The molecule has 4 atom stereocenters. The molecule has 0 aromatic heterocycles. The van der Waals surface area contributed by atoms with Gasteiger partial charge >= 0.3 is 0 Å². The fraction of sp³-hybridized carbons (Fsp3) is 0.429. The van der Waals surface area contributed by atoms with Crippen LogP contribution in [0.15, 0.2) is 84.9 Å². The van der Waals surface area contributed by atoms with E-state index in [0.717, 1.165) is 56.4 Å². The molecule has 4 heterocycles. The maximum Gasteiger partial charge on any atom is 0.220 e. The molecule has 4 fully saturated rings. The minimum absolute atomic E-state index is 0.0597. The zero-order valence-corrected chi connectivity index (χ0v) is 43.9. The van der Waals surface area contributed by atoms with Crippen molar-refractivity contribution >= 4 is 113 Å². The highest BCUT2D eigenvalue weighted by Crippen LogP contribution is 2.60. The van der Waals surface area contributed by atoms with Crippen LogP contribution >= 0.6 is 95.9 Å². The van der Waals surface area contributed by atoms with E-state index in [-0.39, 0.29) is 37.6 Å². The van der Waals surface area contributed by atoms with E-state index < -0.39 is 5.41 Å². The van der Waals surface area contributed by atoms with Crippen molar-refractivity contribution in [1.82, 2.24) is 0 Å².